The molecule has 0 unspecified atom stereocenters. The van der Waals surface area contributed by atoms with Crippen molar-refractivity contribution in [2.24, 2.45) is 0 Å². The fraction of sp³-hybridized carbons (Fsp3) is 0.417. The first kappa shape index (κ1) is 19.6. The Bertz CT molecular complexity index is 870. The van der Waals surface area contributed by atoms with Crippen LogP contribution in [0.5, 0.6) is 0 Å². The maximum Gasteiger partial charge on any atom is 0.220 e. The molecule has 1 heterocycles. The quantitative estimate of drug-likeness (QED) is 0.735. The summed E-state index contributed by atoms with van der Waals surface area (Å²) in [5.41, 5.74) is 5.63. The number of benzene rings is 2. The van der Waals surface area contributed by atoms with Crippen LogP contribution in [0.3, 0.4) is 0 Å². The second kappa shape index (κ2) is 9.23. The minimum Gasteiger partial charge on any atom is -0.378 e. The van der Waals surface area contributed by atoms with Gasteiger partial charge < -0.3 is 15.0 Å². The minimum atomic E-state index is -0.0863. The molecule has 2 aromatic carbocycles. The van der Waals surface area contributed by atoms with E-state index in [0.717, 1.165) is 50.3 Å². The standard InChI is InChI=1S/C24H28N2O3/c27-23(21-7-6-19-2-1-3-20(19)16-21)10-11-24(28)25-17-18-4-8-22(9-5-18)26-12-14-29-15-13-26/h4-9,16H,1-3,10-15,17H2,(H,25,28). The van der Waals surface area contributed by atoms with E-state index in [1.54, 1.807) is 0 Å². The van der Waals surface area contributed by atoms with Crippen LogP contribution >= 0.6 is 0 Å². The number of hydrogen-bond donors (Lipinski definition) is 1. The van der Waals surface area contributed by atoms with Gasteiger partial charge in [0.05, 0.1) is 13.2 Å². The molecule has 2 aliphatic rings. The van der Waals surface area contributed by atoms with Gasteiger partial charge in [0.25, 0.3) is 0 Å². The van der Waals surface area contributed by atoms with Gasteiger partial charge in [-0.05, 0) is 54.2 Å². The van der Waals surface area contributed by atoms with Gasteiger partial charge in [-0.1, -0.05) is 24.3 Å². The summed E-state index contributed by atoms with van der Waals surface area (Å²) < 4.78 is 5.38. The van der Waals surface area contributed by atoms with Gasteiger partial charge in [-0.3, -0.25) is 9.59 Å². The number of ketones is 1. The number of carbonyl (C=O) groups excluding carboxylic acids is 2. The Morgan fingerprint density at radius 2 is 1.69 bits per heavy atom. The third-order valence-corrected chi connectivity index (χ3v) is 5.80. The normalized spacial score (nSPS) is 15.8. The van der Waals surface area contributed by atoms with E-state index in [4.69, 9.17) is 4.74 Å². The molecule has 29 heavy (non-hydrogen) atoms. The molecule has 0 bridgehead atoms. The summed E-state index contributed by atoms with van der Waals surface area (Å²) >= 11 is 0. The van der Waals surface area contributed by atoms with Gasteiger partial charge in [-0.15, -0.1) is 0 Å². The molecule has 5 heteroatoms. The maximum atomic E-state index is 12.4. The number of anilines is 1. The van der Waals surface area contributed by atoms with E-state index in [9.17, 15) is 9.59 Å². The first-order valence-corrected chi connectivity index (χ1v) is 10.5. The van der Waals surface area contributed by atoms with E-state index in [-0.39, 0.29) is 24.5 Å². The zero-order valence-electron chi connectivity index (χ0n) is 16.8. The molecule has 152 valence electrons. The average molecular weight is 392 g/mol. The van der Waals surface area contributed by atoms with E-state index in [1.165, 1.54) is 23.2 Å². The molecule has 1 fully saturated rings. The van der Waals surface area contributed by atoms with E-state index in [2.05, 4.69) is 28.4 Å². The predicted molar refractivity (Wildman–Crippen MR) is 113 cm³/mol. The number of nitrogens with zero attached hydrogens (tertiary/aromatic N) is 1. The Hall–Kier alpha value is -2.66. The third kappa shape index (κ3) is 5.04. The molecule has 0 saturated carbocycles. The number of nitrogens with one attached hydrogen (secondary N) is 1. The number of amides is 1. The Morgan fingerprint density at radius 3 is 2.48 bits per heavy atom. The molecular weight excluding hydrogens is 364 g/mol. The van der Waals surface area contributed by atoms with Crippen molar-refractivity contribution in [2.45, 2.75) is 38.6 Å². The lowest BCUT2D eigenvalue weighted by Crippen LogP contribution is -2.36. The van der Waals surface area contributed by atoms with Crippen molar-refractivity contribution in [1.29, 1.82) is 0 Å². The molecule has 1 aliphatic heterocycles. The number of fused-ring (bicyclic) bond motifs is 1. The van der Waals surface area contributed by atoms with Crippen LogP contribution < -0.4 is 10.2 Å². The zero-order valence-corrected chi connectivity index (χ0v) is 16.8. The lowest BCUT2D eigenvalue weighted by Gasteiger charge is -2.28. The summed E-state index contributed by atoms with van der Waals surface area (Å²) in [7, 11) is 0. The topological polar surface area (TPSA) is 58.6 Å². The largest absolute Gasteiger partial charge is 0.378 e. The second-order valence-corrected chi connectivity index (χ2v) is 7.80. The van der Waals surface area contributed by atoms with Crippen molar-refractivity contribution in [2.75, 3.05) is 31.2 Å². The molecule has 0 spiro atoms. The van der Waals surface area contributed by atoms with E-state index < -0.39 is 0 Å². The lowest BCUT2D eigenvalue weighted by atomic mass is 10.0. The van der Waals surface area contributed by atoms with Gasteiger partial charge in [0, 0.05) is 43.7 Å². The Kier molecular flexibility index (Phi) is 6.25. The zero-order chi connectivity index (χ0) is 20.1. The summed E-state index contributed by atoms with van der Waals surface area (Å²) in [5, 5.41) is 2.92. The summed E-state index contributed by atoms with van der Waals surface area (Å²) in [6, 6.07) is 14.2. The summed E-state index contributed by atoms with van der Waals surface area (Å²) in [6.45, 7) is 3.84. The number of ether oxygens (including phenoxy) is 1. The van der Waals surface area contributed by atoms with Crippen molar-refractivity contribution in [1.82, 2.24) is 5.32 Å². The molecule has 1 N–H and O–H groups in total. The highest BCUT2D eigenvalue weighted by molar-refractivity contribution is 5.98. The molecule has 1 amide bonds. The fourth-order valence-electron chi connectivity index (χ4n) is 4.05. The average Bonchev–Trinajstić information content (AvgIpc) is 3.25. The van der Waals surface area contributed by atoms with Crippen molar-refractivity contribution >= 4 is 17.4 Å². The van der Waals surface area contributed by atoms with Crippen LogP contribution in [0.15, 0.2) is 42.5 Å². The summed E-state index contributed by atoms with van der Waals surface area (Å²) in [6.07, 6.45) is 3.81. The molecule has 5 nitrogen and oxygen atoms in total. The monoisotopic (exact) mass is 392 g/mol. The third-order valence-electron chi connectivity index (χ3n) is 5.80. The van der Waals surface area contributed by atoms with Gasteiger partial charge >= 0.3 is 0 Å². The van der Waals surface area contributed by atoms with E-state index in [1.807, 2.05) is 24.3 Å². The highest BCUT2D eigenvalue weighted by Gasteiger charge is 2.15. The number of carbonyl (C=O) groups is 2. The van der Waals surface area contributed by atoms with E-state index in [0.29, 0.717) is 6.54 Å². The van der Waals surface area contributed by atoms with Crippen molar-refractivity contribution in [3.05, 3.63) is 64.7 Å². The van der Waals surface area contributed by atoms with Crippen LogP contribution in [-0.4, -0.2) is 38.0 Å². The first-order chi connectivity index (χ1) is 14.2. The number of aryl methyl sites for hydroxylation is 2. The highest BCUT2D eigenvalue weighted by Crippen LogP contribution is 2.23. The molecule has 2 aromatic rings. The minimum absolute atomic E-state index is 0.0460. The molecule has 0 radical (unpaired) electrons. The lowest BCUT2D eigenvalue weighted by molar-refractivity contribution is -0.121. The second-order valence-electron chi connectivity index (χ2n) is 7.80. The Morgan fingerprint density at radius 1 is 0.931 bits per heavy atom. The Labute approximate surface area is 172 Å². The number of morpholine rings is 1. The molecular formula is C24H28N2O3. The molecule has 0 atom stereocenters. The maximum absolute atomic E-state index is 12.4. The number of Topliss-reactive ketones (excluding diaryl/α,β-unsaturated/α-hetero) is 1. The molecule has 4 rings (SSSR count). The molecule has 1 aliphatic carbocycles. The van der Waals surface area contributed by atoms with E-state index >= 15 is 0 Å². The van der Waals surface area contributed by atoms with Crippen LogP contribution in [0.2, 0.25) is 0 Å². The number of rotatable bonds is 7. The van der Waals surface area contributed by atoms with Gasteiger partial charge in [0.2, 0.25) is 5.91 Å². The predicted octanol–water partition coefficient (Wildman–Crippen LogP) is 3.29. The molecule has 1 saturated heterocycles. The van der Waals surface area contributed by atoms with Crippen LogP contribution in [-0.2, 0) is 28.9 Å². The Balaban J connectivity index is 1.22. The first-order valence-electron chi connectivity index (χ1n) is 10.5. The van der Waals surface area contributed by atoms with Crippen molar-refractivity contribution in [3.8, 4) is 0 Å². The van der Waals surface area contributed by atoms with Crippen LogP contribution in [0.25, 0.3) is 0 Å². The van der Waals surface area contributed by atoms with Crippen LogP contribution in [0.1, 0.15) is 46.3 Å². The van der Waals surface area contributed by atoms with Crippen molar-refractivity contribution in [3.63, 3.8) is 0 Å². The number of hydrogen-bond acceptors (Lipinski definition) is 4. The van der Waals surface area contributed by atoms with Gasteiger partial charge in [0.1, 0.15) is 0 Å². The molecule has 0 aromatic heterocycles. The highest BCUT2D eigenvalue weighted by atomic mass is 16.5. The summed E-state index contributed by atoms with van der Waals surface area (Å²) in [5.74, 6) is -0.0403. The van der Waals surface area contributed by atoms with Gasteiger partial charge in [-0.25, -0.2) is 0 Å². The fourth-order valence-corrected chi connectivity index (χ4v) is 4.05. The van der Waals surface area contributed by atoms with Crippen LogP contribution in [0, 0.1) is 0 Å². The van der Waals surface area contributed by atoms with Crippen molar-refractivity contribution < 1.29 is 14.3 Å². The SMILES string of the molecule is O=C(CCC(=O)c1ccc2c(c1)CCC2)NCc1ccc(N2CCOCC2)cc1. The smallest absolute Gasteiger partial charge is 0.220 e. The van der Waals surface area contributed by atoms with Gasteiger partial charge in [0.15, 0.2) is 5.78 Å². The van der Waals surface area contributed by atoms with Gasteiger partial charge in [-0.2, -0.15) is 0 Å². The van der Waals surface area contributed by atoms with Crippen LogP contribution in [0.4, 0.5) is 5.69 Å². The summed E-state index contributed by atoms with van der Waals surface area (Å²) in [4.78, 5) is 26.9.